The molecular formula is C10H21NO3. The fourth-order valence-electron chi connectivity index (χ4n) is 1.16. The van der Waals surface area contributed by atoms with E-state index in [4.69, 9.17) is 10.2 Å². The van der Waals surface area contributed by atoms with Crippen molar-refractivity contribution < 1.29 is 15.0 Å². The first-order chi connectivity index (χ1) is 6.65. The zero-order chi connectivity index (χ0) is 11.0. The number of ketones is 1. The first kappa shape index (κ1) is 13.5. The molecule has 2 N–H and O–H groups in total. The fourth-order valence-corrected chi connectivity index (χ4v) is 1.16. The minimum Gasteiger partial charge on any atom is -0.395 e. The quantitative estimate of drug-likeness (QED) is 0.578. The summed E-state index contributed by atoms with van der Waals surface area (Å²) in [5.41, 5.74) is 0. The van der Waals surface area contributed by atoms with Gasteiger partial charge < -0.3 is 10.2 Å². The van der Waals surface area contributed by atoms with E-state index in [1.807, 2.05) is 13.8 Å². The summed E-state index contributed by atoms with van der Waals surface area (Å²) in [4.78, 5) is 13.3. The smallest absolute Gasteiger partial charge is 0.149 e. The average molecular weight is 203 g/mol. The largest absolute Gasteiger partial charge is 0.395 e. The third kappa shape index (κ3) is 5.32. The number of carbonyl (C=O) groups is 1. The molecule has 1 atom stereocenters. The van der Waals surface area contributed by atoms with Gasteiger partial charge in [0.05, 0.1) is 19.8 Å². The molecule has 0 aromatic carbocycles. The molecule has 0 radical (unpaired) electrons. The molecule has 0 heterocycles. The van der Waals surface area contributed by atoms with Gasteiger partial charge in [0.1, 0.15) is 5.78 Å². The van der Waals surface area contributed by atoms with Crippen LogP contribution in [0.3, 0.4) is 0 Å². The van der Waals surface area contributed by atoms with Crippen LogP contribution in [-0.2, 0) is 4.79 Å². The van der Waals surface area contributed by atoms with Crippen molar-refractivity contribution in [2.24, 2.45) is 5.92 Å². The van der Waals surface area contributed by atoms with E-state index in [-0.39, 0.29) is 24.9 Å². The van der Waals surface area contributed by atoms with Crippen LogP contribution in [0.25, 0.3) is 0 Å². The second kappa shape index (κ2) is 7.91. The summed E-state index contributed by atoms with van der Waals surface area (Å²) in [6, 6.07) is 0. The lowest BCUT2D eigenvalue weighted by Crippen LogP contribution is -2.36. The molecule has 0 aromatic rings. The van der Waals surface area contributed by atoms with Crippen LogP contribution in [0, 0.1) is 5.92 Å². The maximum Gasteiger partial charge on any atom is 0.149 e. The number of nitrogens with zero attached hydrogens (tertiary/aromatic N) is 1. The predicted octanol–water partition coefficient (Wildman–Crippen LogP) is -0.112. The third-order valence-electron chi connectivity index (χ3n) is 2.37. The van der Waals surface area contributed by atoms with Crippen molar-refractivity contribution in [3.8, 4) is 0 Å². The third-order valence-corrected chi connectivity index (χ3v) is 2.37. The highest BCUT2D eigenvalue weighted by Gasteiger charge is 2.14. The van der Waals surface area contributed by atoms with E-state index in [1.165, 1.54) is 0 Å². The Balaban J connectivity index is 3.94. The van der Waals surface area contributed by atoms with Gasteiger partial charge >= 0.3 is 0 Å². The van der Waals surface area contributed by atoms with E-state index in [9.17, 15) is 4.79 Å². The SMILES string of the molecule is CCC(C)C(=O)CN(CCO)CCO. The normalized spacial score (nSPS) is 13.2. The fraction of sp³-hybridized carbons (Fsp3) is 0.900. The minimum absolute atomic E-state index is 0.0216. The van der Waals surface area contributed by atoms with Crippen molar-refractivity contribution in [3.63, 3.8) is 0 Å². The van der Waals surface area contributed by atoms with Crippen molar-refractivity contribution >= 4 is 5.78 Å². The zero-order valence-electron chi connectivity index (χ0n) is 9.07. The summed E-state index contributed by atoms with van der Waals surface area (Å²) in [5, 5.41) is 17.5. The number of hydrogen-bond acceptors (Lipinski definition) is 4. The Labute approximate surface area is 85.5 Å². The minimum atomic E-state index is 0.0216. The second-order valence-corrected chi connectivity index (χ2v) is 3.50. The standard InChI is InChI=1S/C10H21NO3/c1-3-9(2)10(14)8-11(4-6-12)5-7-13/h9,12-13H,3-8H2,1-2H3. The summed E-state index contributed by atoms with van der Waals surface area (Å²) >= 11 is 0. The van der Waals surface area contributed by atoms with Crippen molar-refractivity contribution in [1.29, 1.82) is 0 Å². The molecule has 0 saturated heterocycles. The molecule has 1 unspecified atom stereocenters. The lowest BCUT2D eigenvalue weighted by atomic mass is 10.0. The van der Waals surface area contributed by atoms with E-state index in [0.717, 1.165) is 6.42 Å². The summed E-state index contributed by atoms with van der Waals surface area (Å²) in [6.45, 7) is 5.15. The average Bonchev–Trinajstić information content (AvgIpc) is 2.17. The van der Waals surface area contributed by atoms with Crippen LogP contribution >= 0.6 is 0 Å². The topological polar surface area (TPSA) is 60.8 Å². The van der Waals surface area contributed by atoms with Gasteiger partial charge in [-0.1, -0.05) is 13.8 Å². The number of aliphatic hydroxyl groups is 2. The van der Waals surface area contributed by atoms with Gasteiger partial charge in [0.25, 0.3) is 0 Å². The number of carbonyl (C=O) groups excluding carboxylic acids is 1. The van der Waals surface area contributed by atoms with Crippen LogP contribution in [-0.4, -0.2) is 53.7 Å². The van der Waals surface area contributed by atoms with Crippen molar-refractivity contribution in [2.75, 3.05) is 32.8 Å². The summed E-state index contributed by atoms with van der Waals surface area (Å²) in [7, 11) is 0. The molecule has 4 heteroatoms. The Kier molecular flexibility index (Phi) is 7.65. The van der Waals surface area contributed by atoms with Crippen LogP contribution in [0.15, 0.2) is 0 Å². The molecule has 0 bridgehead atoms. The van der Waals surface area contributed by atoms with E-state index >= 15 is 0 Å². The Morgan fingerprint density at radius 3 is 2.14 bits per heavy atom. The zero-order valence-corrected chi connectivity index (χ0v) is 9.07. The molecule has 0 aliphatic carbocycles. The van der Waals surface area contributed by atoms with Crippen LogP contribution in [0.2, 0.25) is 0 Å². The van der Waals surface area contributed by atoms with E-state index in [0.29, 0.717) is 19.6 Å². The highest BCUT2D eigenvalue weighted by molar-refractivity contribution is 5.82. The Hall–Kier alpha value is -0.450. The highest BCUT2D eigenvalue weighted by atomic mass is 16.3. The molecule has 0 spiro atoms. The summed E-state index contributed by atoms with van der Waals surface area (Å²) < 4.78 is 0. The number of Topliss-reactive ketones (excluding diaryl/α,β-unsaturated/α-hetero) is 1. The van der Waals surface area contributed by atoms with Crippen molar-refractivity contribution in [2.45, 2.75) is 20.3 Å². The number of hydrogen-bond donors (Lipinski definition) is 2. The van der Waals surface area contributed by atoms with E-state index in [2.05, 4.69) is 0 Å². The Morgan fingerprint density at radius 1 is 1.29 bits per heavy atom. The van der Waals surface area contributed by atoms with Gasteiger partial charge in [-0.05, 0) is 6.42 Å². The molecule has 0 aromatic heterocycles. The molecule has 0 saturated carbocycles. The van der Waals surface area contributed by atoms with Gasteiger partial charge in [0, 0.05) is 19.0 Å². The number of rotatable bonds is 8. The lowest BCUT2D eigenvalue weighted by Gasteiger charge is -2.20. The van der Waals surface area contributed by atoms with Gasteiger partial charge in [-0.2, -0.15) is 0 Å². The van der Waals surface area contributed by atoms with Crippen LogP contribution in [0.4, 0.5) is 0 Å². The highest BCUT2D eigenvalue weighted by Crippen LogP contribution is 2.03. The molecule has 0 aliphatic rings. The van der Waals surface area contributed by atoms with Gasteiger partial charge in [0.2, 0.25) is 0 Å². The van der Waals surface area contributed by atoms with Crippen LogP contribution in [0.5, 0.6) is 0 Å². The lowest BCUT2D eigenvalue weighted by molar-refractivity contribution is -0.123. The maximum atomic E-state index is 11.5. The molecule has 14 heavy (non-hydrogen) atoms. The first-order valence-corrected chi connectivity index (χ1v) is 5.12. The summed E-state index contributed by atoms with van der Waals surface area (Å²) in [6.07, 6.45) is 0.838. The first-order valence-electron chi connectivity index (χ1n) is 5.12. The maximum absolute atomic E-state index is 11.5. The van der Waals surface area contributed by atoms with Crippen LogP contribution < -0.4 is 0 Å². The number of aliphatic hydroxyl groups excluding tert-OH is 2. The van der Waals surface area contributed by atoms with Gasteiger partial charge in [-0.25, -0.2) is 0 Å². The second-order valence-electron chi connectivity index (χ2n) is 3.50. The monoisotopic (exact) mass is 203 g/mol. The molecular weight excluding hydrogens is 182 g/mol. The predicted molar refractivity (Wildman–Crippen MR) is 55.1 cm³/mol. The molecule has 0 aliphatic heterocycles. The Bertz CT molecular complexity index is 155. The van der Waals surface area contributed by atoms with Gasteiger partial charge in [-0.3, -0.25) is 9.69 Å². The van der Waals surface area contributed by atoms with Crippen LogP contribution in [0.1, 0.15) is 20.3 Å². The molecule has 84 valence electrons. The Morgan fingerprint density at radius 2 is 1.79 bits per heavy atom. The molecule has 4 nitrogen and oxygen atoms in total. The van der Waals surface area contributed by atoms with Gasteiger partial charge in [0.15, 0.2) is 0 Å². The molecule has 0 fully saturated rings. The van der Waals surface area contributed by atoms with E-state index < -0.39 is 0 Å². The molecule has 0 rings (SSSR count). The van der Waals surface area contributed by atoms with Crippen molar-refractivity contribution in [1.82, 2.24) is 4.90 Å². The molecule has 0 amide bonds. The summed E-state index contributed by atoms with van der Waals surface area (Å²) in [5.74, 6) is 0.240. The van der Waals surface area contributed by atoms with Crippen molar-refractivity contribution in [3.05, 3.63) is 0 Å². The van der Waals surface area contributed by atoms with Gasteiger partial charge in [-0.15, -0.1) is 0 Å². The van der Waals surface area contributed by atoms with E-state index in [1.54, 1.807) is 4.90 Å².